The highest BCUT2D eigenvalue weighted by molar-refractivity contribution is 5.26. The van der Waals surface area contributed by atoms with Gasteiger partial charge in [0.05, 0.1) is 0 Å². The van der Waals surface area contributed by atoms with Crippen molar-refractivity contribution < 1.29 is 14.4 Å². The molecule has 0 fully saturated rings. The summed E-state index contributed by atoms with van der Waals surface area (Å²) in [5.41, 5.74) is 0. The Balaban J connectivity index is -0.0000000637. The molecule has 6 heteroatoms. The minimum atomic E-state index is 0. The predicted molar refractivity (Wildman–Crippen MR) is 58.4 cm³/mol. The molecule has 16 heavy (non-hydrogen) atoms. The van der Waals surface area contributed by atoms with Gasteiger partial charge in [-0.1, -0.05) is 43.8 Å². The summed E-state index contributed by atoms with van der Waals surface area (Å²) in [6.07, 6.45) is 2.25. The predicted octanol–water partition coefficient (Wildman–Crippen LogP) is 2.03. The van der Waals surface area contributed by atoms with Gasteiger partial charge in [0.2, 0.25) is 18.2 Å². The summed E-state index contributed by atoms with van der Waals surface area (Å²) in [5.74, 6) is 0. The molecule has 0 radical (unpaired) electrons. The Labute approximate surface area is 93.5 Å². The van der Waals surface area contributed by atoms with Gasteiger partial charge in [-0.2, -0.15) is 0 Å². The Morgan fingerprint density at radius 1 is 0.562 bits per heavy atom. The fourth-order valence-corrected chi connectivity index (χ4v) is 0.385. The maximum absolute atomic E-state index is 8.35. The zero-order chi connectivity index (χ0) is 12.4. The van der Waals surface area contributed by atoms with Crippen molar-refractivity contribution in [2.75, 3.05) is 0 Å². The van der Waals surface area contributed by atoms with Gasteiger partial charge < -0.3 is 0 Å². The van der Waals surface area contributed by atoms with Crippen LogP contribution in [0.15, 0.2) is 36.4 Å². The van der Waals surface area contributed by atoms with Crippen LogP contribution >= 0.6 is 0 Å². The van der Waals surface area contributed by atoms with Crippen LogP contribution in [-0.4, -0.2) is 18.2 Å². The van der Waals surface area contributed by atoms with E-state index in [1.54, 1.807) is 0 Å². The summed E-state index contributed by atoms with van der Waals surface area (Å²) in [6.45, 7) is 0. The summed E-state index contributed by atoms with van der Waals surface area (Å²) in [5, 5.41) is 16.2. The number of benzene rings is 1. The fraction of sp³-hybridized carbons (Fsp3) is 0.100. The van der Waals surface area contributed by atoms with E-state index < -0.39 is 0 Å². The first-order chi connectivity index (χ1) is 7.24. The van der Waals surface area contributed by atoms with E-state index in [0.29, 0.717) is 0 Å². The van der Waals surface area contributed by atoms with Gasteiger partial charge in [-0.25, -0.2) is 30.6 Å². The van der Waals surface area contributed by atoms with Crippen molar-refractivity contribution in [3.8, 4) is 0 Å². The maximum atomic E-state index is 8.35. The third kappa shape index (κ3) is 108. The zero-order valence-electron chi connectivity index (χ0n) is 7.69. The molecule has 3 N–H and O–H groups in total. The van der Waals surface area contributed by atoms with E-state index in [9.17, 15) is 0 Å². The molecular weight excluding hydrogens is 210 g/mol. The summed E-state index contributed by atoms with van der Waals surface area (Å²) < 4.78 is 0. The van der Waals surface area contributed by atoms with E-state index in [-0.39, 0.29) is 7.43 Å². The molecular formula is C10H13N3O3. The van der Waals surface area contributed by atoms with Crippen LogP contribution in [0.5, 0.6) is 0 Å². The quantitative estimate of drug-likeness (QED) is 0.460. The largest absolute Gasteiger partial charge is 0.231 e. The van der Waals surface area contributed by atoms with E-state index >= 15 is 0 Å². The Morgan fingerprint density at radius 2 is 0.625 bits per heavy atom. The number of hydrogen-bond acceptors (Lipinski definition) is 6. The zero-order valence-corrected chi connectivity index (χ0v) is 7.69. The average molecular weight is 223 g/mol. The second-order valence-corrected chi connectivity index (χ2v) is 1.46. The molecule has 6 nitrogen and oxygen atoms in total. The molecule has 0 unspecified atom stereocenters. The van der Waals surface area contributed by atoms with Crippen molar-refractivity contribution in [3.63, 3.8) is 0 Å². The van der Waals surface area contributed by atoms with Crippen LogP contribution in [0.1, 0.15) is 7.43 Å². The van der Waals surface area contributed by atoms with Crippen molar-refractivity contribution in [1.82, 2.24) is 0 Å². The number of hydrogen-bond donors (Lipinski definition) is 3. The topological polar surface area (TPSA) is 123 Å². The monoisotopic (exact) mass is 223 g/mol. The first kappa shape index (κ1) is 23.3. The second kappa shape index (κ2) is 39.4. The van der Waals surface area contributed by atoms with Crippen LogP contribution in [0.4, 0.5) is 0 Å². The van der Waals surface area contributed by atoms with E-state index in [0.717, 1.165) is 18.2 Å². The number of nitrogens with one attached hydrogen (secondary N) is 3. The van der Waals surface area contributed by atoms with Crippen LogP contribution in [0.2, 0.25) is 0 Å². The fourth-order valence-electron chi connectivity index (χ4n) is 0.385. The molecule has 0 heterocycles. The van der Waals surface area contributed by atoms with Crippen molar-refractivity contribution in [1.29, 1.82) is 16.2 Å². The van der Waals surface area contributed by atoms with Crippen molar-refractivity contribution in [2.24, 2.45) is 0 Å². The normalized spacial score (nSPS) is 4.50. The van der Waals surface area contributed by atoms with Gasteiger partial charge in [0, 0.05) is 0 Å². The molecule has 0 aromatic heterocycles. The Kier molecular flexibility index (Phi) is 57.4. The molecule has 0 aliphatic rings. The third-order valence-electron chi connectivity index (χ3n) is 0.667. The van der Waals surface area contributed by atoms with Gasteiger partial charge in [0.1, 0.15) is 0 Å². The molecule has 0 saturated heterocycles. The summed E-state index contributed by atoms with van der Waals surface area (Å²) >= 11 is 0. The van der Waals surface area contributed by atoms with Gasteiger partial charge in [-0.3, -0.25) is 0 Å². The number of rotatable bonds is 0. The molecule has 86 valence electrons. The lowest BCUT2D eigenvalue weighted by Gasteiger charge is -1.69. The summed E-state index contributed by atoms with van der Waals surface area (Å²) in [6, 6.07) is 12.0. The molecule has 1 aromatic carbocycles. The van der Waals surface area contributed by atoms with Gasteiger partial charge in [-0.05, 0) is 0 Å². The van der Waals surface area contributed by atoms with E-state index in [2.05, 4.69) is 0 Å². The summed E-state index contributed by atoms with van der Waals surface area (Å²) in [7, 11) is 0. The van der Waals surface area contributed by atoms with Crippen molar-refractivity contribution in [2.45, 2.75) is 7.43 Å². The first-order valence-corrected chi connectivity index (χ1v) is 3.36. The lowest BCUT2D eigenvalue weighted by atomic mass is 10.4. The Morgan fingerprint density at radius 3 is 0.688 bits per heavy atom. The molecule has 0 bridgehead atoms. The smallest absolute Gasteiger partial charge is 0.222 e. The Hall–Kier alpha value is -2.64. The molecule has 0 atom stereocenters. The first-order valence-electron chi connectivity index (χ1n) is 3.36. The molecule has 0 aliphatic carbocycles. The molecule has 0 spiro atoms. The highest BCUT2D eigenvalue weighted by Crippen LogP contribution is 1.79. The lowest BCUT2D eigenvalue weighted by molar-refractivity contribution is 0.562. The van der Waals surface area contributed by atoms with E-state index in [4.69, 9.17) is 30.6 Å². The number of isocyanates is 3. The van der Waals surface area contributed by atoms with E-state index in [1.807, 2.05) is 36.4 Å². The average Bonchev–Trinajstić information content (AvgIpc) is 2.24. The SMILES string of the molecule is C.N=C=O.N=C=O.N=C=O.c1ccccc1. The van der Waals surface area contributed by atoms with Crippen molar-refractivity contribution >= 4 is 18.2 Å². The van der Waals surface area contributed by atoms with Crippen molar-refractivity contribution in [3.05, 3.63) is 36.4 Å². The van der Waals surface area contributed by atoms with Crippen LogP contribution in [0.25, 0.3) is 0 Å². The molecule has 0 amide bonds. The molecule has 1 aromatic rings. The van der Waals surface area contributed by atoms with Gasteiger partial charge >= 0.3 is 0 Å². The van der Waals surface area contributed by atoms with E-state index in [1.165, 1.54) is 0 Å². The molecule has 1 rings (SSSR count). The third-order valence-corrected chi connectivity index (χ3v) is 0.667. The van der Waals surface area contributed by atoms with Crippen LogP contribution in [0.3, 0.4) is 0 Å². The van der Waals surface area contributed by atoms with Crippen LogP contribution in [-0.2, 0) is 14.4 Å². The molecule has 0 aliphatic heterocycles. The standard InChI is InChI=1S/C6H6.3CHNO.CH4/c1-2-4-6-5-3-1;3*2-1-3;/h1-6H;3*2H;1H4. The van der Waals surface area contributed by atoms with Crippen LogP contribution < -0.4 is 0 Å². The molecule has 0 saturated carbocycles. The van der Waals surface area contributed by atoms with Crippen LogP contribution in [0, 0.1) is 16.2 Å². The summed E-state index contributed by atoms with van der Waals surface area (Å²) in [4.78, 5) is 25.0. The highest BCUT2D eigenvalue weighted by atomic mass is 16.1. The van der Waals surface area contributed by atoms with Gasteiger partial charge in [0.25, 0.3) is 0 Å². The second-order valence-electron chi connectivity index (χ2n) is 1.46. The minimum Gasteiger partial charge on any atom is -0.222 e. The highest BCUT2D eigenvalue weighted by Gasteiger charge is 1.57. The van der Waals surface area contributed by atoms with Gasteiger partial charge in [-0.15, -0.1) is 0 Å². The minimum absolute atomic E-state index is 0. The Bertz CT molecular complexity index is 252. The number of carbonyl (C=O) groups excluding carboxylic acids is 3. The lowest BCUT2D eigenvalue weighted by Crippen LogP contribution is -1.47. The van der Waals surface area contributed by atoms with Gasteiger partial charge in [0.15, 0.2) is 0 Å². The maximum Gasteiger partial charge on any atom is 0.231 e.